The van der Waals surface area contributed by atoms with Gasteiger partial charge in [-0.25, -0.2) is 0 Å². The van der Waals surface area contributed by atoms with E-state index in [0.29, 0.717) is 11.5 Å². The lowest BCUT2D eigenvalue weighted by Gasteiger charge is -2.19. The summed E-state index contributed by atoms with van der Waals surface area (Å²) in [6.45, 7) is 5.44. The Morgan fingerprint density at radius 2 is 2.00 bits per heavy atom. The number of benzene rings is 1. The molecule has 3 heteroatoms. The summed E-state index contributed by atoms with van der Waals surface area (Å²) in [6.07, 6.45) is 1.93. The minimum Gasteiger partial charge on any atom is -0.396 e. The minimum absolute atomic E-state index is 0.255. The molecule has 0 aliphatic carbocycles. The highest BCUT2D eigenvalue weighted by molar-refractivity contribution is 5.32. The Morgan fingerprint density at radius 1 is 1.33 bits per heavy atom. The highest BCUT2D eigenvalue weighted by Gasteiger charge is 2.09. The first kappa shape index (κ1) is 14.7. The Labute approximate surface area is 109 Å². The standard InChI is InChI=1S/C15H22N2O/c1-3-13(8-9-18)11-17-12(2)15-6-4-14(10-16)5-7-15/h4-7,12-13,17-18H,3,8-9,11H2,1-2H3. The number of nitrogens with one attached hydrogen (secondary N) is 1. The van der Waals surface area contributed by atoms with E-state index in [9.17, 15) is 0 Å². The maximum Gasteiger partial charge on any atom is 0.0991 e. The van der Waals surface area contributed by atoms with Gasteiger partial charge in [-0.3, -0.25) is 0 Å². The van der Waals surface area contributed by atoms with Gasteiger partial charge in [-0.05, 0) is 43.5 Å². The van der Waals surface area contributed by atoms with E-state index in [4.69, 9.17) is 10.4 Å². The molecule has 0 saturated heterocycles. The molecule has 18 heavy (non-hydrogen) atoms. The molecule has 1 aromatic carbocycles. The van der Waals surface area contributed by atoms with Gasteiger partial charge in [-0.2, -0.15) is 5.26 Å². The van der Waals surface area contributed by atoms with Gasteiger partial charge in [0.25, 0.3) is 0 Å². The largest absolute Gasteiger partial charge is 0.396 e. The van der Waals surface area contributed by atoms with Crippen LogP contribution in [0, 0.1) is 17.2 Å². The fourth-order valence-electron chi connectivity index (χ4n) is 1.94. The van der Waals surface area contributed by atoms with Gasteiger partial charge in [-0.15, -0.1) is 0 Å². The van der Waals surface area contributed by atoms with Gasteiger partial charge >= 0.3 is 0 Å². The van der Waals surface area contributed by atoms with E-state index >= 15 is 0 Å². The zero-order chi connectivity index (χ0) is 13.4. The van der Waals surface area contributed by atoms with Crippen molar-refractivity contribution in [3.05, 3.63) is 35.4 Å². The number of rotatable bonds is 7. The zero-order valence-electron chi connectivity index (χ0n) is 11.2. The van der Waals surface area contributed by atoms with Crippen LogP contribution in [0.5, 0.6) is 0 Å². The third-order valence-electron chi connectivity index (χ3n) is 3.37. The van der Waals surface area contributed by atoms with Crippen molar-refractivity contribution in [1.82, 2.24) is 5.32 Å². The topological polar surface area (TPSA) is 56.0 Å². The van der Waals surface area contributed by atoms with Crippen molar-refractivity contribution in [3.63, 3.8) is 0 Å². The second-order valence-electron chi connectivity index (χ2n) is 4.65. The first-order valence-corrected chi connectivity index (χ1v) is 6.55. The van der Waals surface area contributed by atoms with Crippen LogP contribution in [0.3, 0.4) is 0 Å². The molecule has 3 nitrogen and oxygen atoms in total. The Hall–Kier alpha value is -1.37. The number of nitrogens with zero attached hydrogens (tertiary/aromatic N) is 1. The monoisotopic (exact) mass is 246 g/mol. The third kappa shape index (κ3) is 4.48. The zero-order valence-corrected chi connectivity index (χ0v) is 11.2. The van der Waals surface area contributed by atoms with Crippen LogP contribution in [0.4, 0.5) is 0 Å². The number of aliphatic hydroxyl groups is 1. The predicted molar refractivity (Wildman–Crippen MR) is 73.1 cm³/mol. The molecule has 2 N–H and O–H groups in total. The van der Waals surface area contributed by atoms with E-state index in [0.717, 1.165) is 19.4 Å². The molecule has 1 aromatic rings. The van der Waals surface area contributed by atoms with Crippen LogP contribution in [0.25, 0.3) is 0 Å². The fraction of sp³-hybridized carbons (Fsp3) is 0.533. The van der Waals surface area contributed by atoms with Gasteiger partial charge in [0.1, 0.15) is 0 Å². The summed E-state index contributed by atoms with van der Waals surface area (Å²) in [5.41, 5.74) is 1.88. The first-order valence-electron chi connectivity index (χ1n) is 6.55. The van der Waals surface area contributed by atoms with E-state index in [1.165, 1.54) is 5.56 Å². The maximum absolute atomic E-state index is 8.95. The van der Waals surface area contributed by atoms with Crippen LogP contribution >= 0.6 is 0 Å². The molecule has 98 valence electrons. The molecule has 0 saturated carbocycles. The molecule has 1 rings (SSSR count). The second-order valence-corrected chi connectivity index (χ2v) is 4.65. The van der Waals surface area contributed by atoms with Crippen LogP contribution in [0.15, 0.2) is 24.3 Å². The number of aliphatic hydroxyl groups excluding tert-OH is 1. The molecule has 0 amide bonds. The summed E-state index contributed by atoms with van der Waals surface area (Å²) in [7, 11) is 0. The number of hydrogen-bond acceptors (Lipinski definition) is 3. The van der Waals surface area contributed by atoms with Gasteiger partial charge in [0, 0.05) is 12.6 Å². The number of nitriles is 1. The van der Waals surface area contributed by atoms with E-state index in [1.807, 2.05) is 24.3 Å². The average molecular weight is 246 g/mol. The SMILES string of the molecule is CCC(CCO)CNC(C)c1ccc(C#N)cc1. The highest BCUT2D eigenvalue weighted by atomic mass is 16.3. The first-order chi connectivity index (χ1) is 8.71. The van der Waals surface area contributed by atoms with Crippen molar-refractivity contribution in [1.29, 1.82) is 5.26 Å². The van der Waals surface area contributed by atoms with Crippen molar-refractivity contribution >= 4 is 0 Å². The Balaban J connectivity index is 2.49. The Morgan fingerprint density at radius 3 is 2.50 bits per heavy atom. The van der Waals surface area contributed by atoms with E-state index in [-0.39, 0.29) is 12.6 Å². The van der Waals surface area contributed by atoms with Gasteiger partial charge < -0.3 is 10.4 Å². The van der Waals surface area contributed by atoms with Crippen LogP contribution in [0.2, 0.25) is 0 Å². The molecule has 2 unspecified atom stereocenters. The normalized spacial score (nSPS) is 13.9. The molecular weight excluding hydrogens is 224 g/mol. The van der Waals surface area contributed by atoms with E-state index in [2.05, 4.69) is 25.2 Å². The van der Waals surface area contributed by atoms with Crippen LogP contribution in [-0.2, 0) is 0 Å². The Bertz CT molecular complexity index is 380. The van der Waals surface area contributed by atoms with E-state index < -0.39 is 0 Å². The lowest BCUT2D eigenvalue weighted by molar-refractivity contribution is 0.249. The summed E-state index contributed by atoms with van der Waals surface area (Å²) in [5, 5.41) is 21.2. The van der Waals surface area contributed by atoms with Crippen molar-refractivity contribution in [2.24, 2.45) is 5.92 Å². The van der Waals surface area contributed by atoms with Gasteiger partial charge in [0.05, 0.1) is 11.6 Å². The van der Waals surface area contributed by atoms with Crippen LogP contribution in [0.1, 0.15) is 43.9 Å². The van der Waals surface area contributed by atoms with Gasteiger partial charge in [0.15, 0.2) is 0 Å². The summed E-state index contributed by atoms with van der Waals surface area (Å²) in [4.78, 5) is 0. The highest BCUT2D eigenvalue weighted by Crippen LogP contribution is 2.14. The molecule has 2 atom stereocenters. The lowest BCUT2D eigenvalue weighted by atomic mass is 10.0. The lowest BCUT2D eigenvalue weighted by Crippen LogP contribution is -2.26. The fourth-order valence-corrected chi connectivity index (χ4v) is 1.94. The molecule has 0 fully saturated rings. The molecule has 0 heterocycles. The maximum atomic E-state index is 8.95. The molecule has 0 bridgehead atoms. The van der Waals surface area contributed by atoms with Crippen LogP contribution in [-0.4, -0.2) is 18.3 Å². The number of hydrogen-bond donors (Lipinski definition) is 2. The third-order valence-corrected chi connectivity index (χ3v) is 3.37. The molecule has 0 aliphatic heterocycles. The Kier molecular flexibility index (Phi) is 6.42. The molecule has 0 spiro atoms. The van der Waals surface area contributed by atoms with Crippen LogP contribution < -0.4 is 5.32 Å². The van der Waals surface area contributed by atoms with E-state index in [1.54, 1.807) is 0 Å². The quantitative estimate of drug-likeness (QED) is 0.777. The summed E-state index contributed by atoms with van der Waals surface area (Å²) in [5.74, 6) is 0.524. The summed E-state index contributed by atoms with van der Waals surface area (Å²) in [6, 6.07) is 10.1. The minimum atomic E-state index is 0.255. The van der Waals surface area contributed by atoms with Crippen molar-refractivity contribution in [3.8, 4) is 6.07 Å². The van der Waals surface area contributed by atoms with Gasteiger partial charge in [0.2, 0.25) is 0 Å². The van der Waals surface area contributed by atoms with Gasteiger partial charge in [-0.1, -0.05) is 25.5 Å². The predicted octanol–water partition coefficient (Wildman–Crippen LogP) is 2.62. The smallest absolute Gasteiger partial charge is 0.0991 e. The molecule has 0 aromatic heterocycles. The molecule has 0 radical (unpaired) electrons. The molecular formula is C15H22N2O. The van der Waals surface area contributed by atoms with Crippen molar-refractivity contribution in [2.75, 3.05) is 13.2 Å². The van der Waals surface area contributed by atoms with Crippen molar-refractivity contribution < 1.29 is 5.11 Å². The average Bonchev–Trinajstić information content (AvgIpc) is 2.43. The molecule has 0 aliphatic rings. The second kappa shape index (κ2) is 7.86. The van der Waals surface area contributed by atoms with Crippen molar-refractivity contribution in [2.45, 2.75) is 32.7 Å². The summed E-state index contributed by atoms with van der Waals surface area (Å²) >= 11 is 0. The summed E-state index contributed by atoms with van der Waals surface area (Å²) < 4.78 is 0.